The zero-order chi connectivity index (χ0) is 19.9. The molecule has 0 aromatic heterocycles. The smallest absolute Gasteiger partial charge is 0.260 e. The lowest BCUT2D eigenvalue weighted by Gasteiger charge is -2.19. The molecule has 1 aliphatic rings. The summed E-state index contributed by atoms with van der Waals surface area (Å²) in [5, 5.41) is 3.30. The van der Waals surface area contributed by atoms with Crippen LogP contribution in [0.1, 0.15) is 36.5 Å². The maximum atomic E-state index is 13.7. The number of hydrogen-bond acceptors (Lipinski definition) is 3. The zero-order valence-electron chi connectivity index (χ0n) is 16.0. The van der Waals surface area contributed by atoms with Gasteiger partial charge in [0.2, 0.25) is 0 Å². The fraction of sp³-hybridized carbons (Fsp3) is 0.409. The normalized spacial score (nSPS) is 14.2. The van der Waals surface area contributed by atoms with Crippen LogP contribution in [-0.2, 0) is 23.4 Å². The minimum atomic E-state index is -0.562. The van der Waals surface area contributed by atoms with Crippen LogP contribution in [0, 0.1) is 5.82 Å². The van der Waals surface area contributed by atoms with Crippen molar-refractivity contribution in [2.45, 2.75) is 44.5 Å². The monoisotopic (exact) mass is 421 g/mol. The first-order valence-electron chi connectivity index (χ1n) is 9.61. The Balaban J connectivity index is 1.40. The van der Waals surface area contributed by atoms with Crippen molar-refractivity contribution >= 4 is 29.3 Å². The van der Waals surface area contributed by atoms with Crippen LogP contribution < -0.4 is 10.1 Å². The van der Waals surface area contributed by atoms with Gasteiger partial charge in [-0.3, -0.25) is 4.79 Å². The largest absolute Gasteiger partial charge is 0.481 e. The van der Waals surface area contributed by atoms with Gasteiger partial charge in [0.25, 0.3) is 5.91 Å². The first kappa shape index (κ1) is 21.0. The van der Waals surface area contributed by atoms with Crippen molar-refractivity contribution < 1.29 is 13.9 Å². The van der Waals surface area contributed by atoms with Gasteiger partial charge in [-0.2, -0.15) is 11.8 Å². The van der Waals surface area contributed by atoms with Crippen molar-refractivity contribution in [3.63, 3.8) is 0 Å². The highest BCUT2D eigenvalue weighted by Crippen LogP contribution is 2.26. The van der Waals surface area contributed by atoms with Gasteiger partial charge in [0.15, 0.2) is 6.10 Å². The maximum Gasteiger partial charge on any atom is 0.260 e. The van der Waals surface area contributed by atoms with Crippen molar-refractivity contribution in [3.8, 4) is 5.75 Å². The lowest BCUT2D eigenvalue weighted by atomic mass is 9.92. The summed E-state index contributed by atoms with van der Waals surface area (Å²) in [6, 6.07) is 10.8. The topological polar surface area (TPSA) is 38.3 Å². The summed E-state index contributed by atoms with van der Waals surface area (Å²) in [4.78, 5) is 12.3. The second kappa shape index (κ2) is 10.2. The van der Waals surface area contributed by atoms with E-state index in [1.165, 1.54) is 41.8 Å². The molecule has 0 radical (unpaired) electrons. The molecule has 0 bridgehead atoms. The van der Waals surface area contributed by atoms with E-state index in [2.05, 4.69) is 17.4 Å². The molecule has 0 fully saturated rings. The molecule has 1 amide bonds. The van der Waals surface area contributed by atoms with Crippen molar-refractivity contribution in [1.29, 1.82) is 0 Å². The van der Waals surface area contributed by atoms with Crippen molar-refractivity contribution in [1.82, 2.24) is 5.32 Å². The third-order valence-corrected chi connectivity index (χ3v) is 6.20. The summed E-state index contributed by atoms with van der Waals surface area (Å²) in [5.41, 5.74) is 3.23. The fourth-order valence-electron chi connectivity index (χ4n) is 3.28. The summed E-state index contributed by atoms with van der Waals surface area (Å²) < 4.78 is 19.5. The van der Waals surface area contributed by atoms with Gasteiger partial charge in [-0.05, 0) is 68.0 Å². The predicted molar refractivity (Wildman–Crippen MR) is 114 cm³/mol. The minimum Gasteiger partial charge on any atom is -0.481 e. The number of thioether (sulfide) groups is 1. The molecule has 0 saturated heterocycles. The molecule has 1 N–H and O–H groups in total. The van der Waals surface area contributed by atoms with Gasteiger partial charge in [0, 0.05) is 28.6 Å². The Morgan fingerprint density at radius 1 is 1.25 bits per heavy atom. The number of benzene rings is 2. The number of rotatable bonds is 8. The predicted octanol–water partition coefficient (Wildman–Crippen LogP) is 5.17. The Kier molecular flexibility index (Phi) is 7.63. The summed E-state index contributed by atoms with van der Waals surface area (Å²) >= 11 is 7.54. The molecule has 2 aromatic rings. The summed E-state index contributed by atoms with van der Waals surface area (Å²) in [6.45, 7) is 2.24. The van der Waals surface area contributed by atoms with Crippen LogP contribution in [0.3, 0.4) is 0 Å². The Morgan fingerprint density at radius 2 is 2.04 bits per heavy atom. The molecule has 0 spiro atoms. The Labute approximate surface area is 175 Å². The number of carbonyl (C=O) groups excluding carboxylic acids is 1. The van der Waals surface area contributed by atoms with E-state index in [0.29, 0.717) is 28.6 Å². The lowest BCUT2D eigenvalue weighted by Crippen LogP contribution is -2.37. The average Bonchev–Trinajstić information content (AvgIpc) is 2.69. The van der Waals surface area contributed by atoms with Crippen LogP contribution in [0.25, 0.3) is 0 Å². The molecule has 0 heterocycles. The van der Waals surface area contributed by atoms with Crippen molar-refractivity contribution in [2.24, 2.45) is 0 Å². The Morgan fingerprint density at radius 3 is 2.82 bits per heavy atom. The third-order valence-electron chi connectivity index (χ3n) is 4.86. The number of carbonyl (C=O) groups is 1. The molecule has 0 saturated carbocycles. The van der Waals surface area contributed by atoms with Gasteiger partial charge in [-0.15, -0.1) is 0 Å². The Bertz CT molecular complexity index is 810. The van der Waals surface area contributed by atoms with E-state index in [1.54, 1.807) is 19.1 Å². The van der Waals surface area contributed by atoms with Gasteiger partial charge in [-0.25, -0.2) is 4.39 Å². The Hall–Kier alpha value is -1.72. The molecular weight excluding hydrogens is 397 g/mol. The van der Waals surface area contributed by atoms with E-state index in [1.807, 2.05) is 6.07 Å². The van der Waals surface area contributed by atoms with Gasteiger partial charge in [0.1, 0.15) is 11.6 Å². The van der Waals surface area contributed by atoms with E-state index >= 15 is 0 Å². The van der Waals surface area contributed by atoms with Gasteiger partial charge in [0.05, 0.1) is 0 Å². The zero-order valence-corrected chi connectivity index (χ0v) is 17.5. The van der Waals surface area contributed by atoms with Crippen molar-refractivity contribution in [3.05, 3.63) is 63.9 Å². The number of nitrogens with one attached hydrogen (secondary N) is 1. The molecular formula is C22H25ClFNO2S. The van der Waals surface area contributed by atoms with Crippen LogP contribution in [0.2, 0.25) is 5.02 Å². The van der Waals surface area contributed by atoms with E-state index < -0.39 is 6.10 Å². The molecule has 6 heteroatoms. The molecule has 2 aromatic carbocycles. The van der Waals surface area contributed by atoms with Gasteiger partial charge >= 0.3 is 0 Å². The third kappa shape index (κ3) is 5.65. The van der Waals surface area contributed by atoms with Crippen LogP contribution in [0.15, 0.2) is 36.4 Å². The van der Waals surface area contributed by atoms with E-state index in [0.717, 1.165) is 18.6 Å². The van der Waals surface area contributed by atoms with E-state index in [4.69, 9.17) is 16.3 Å². The molecule has 1 atom stereocenters. The highest BCUT2D eigenvalue weighted by atomic mass is 35.5. The van der Waals surface area contributed by atoms with Crippen molar-refractivity contribution in [2.75, 3.05) is 12.3 Å². The average molecular weight is 422 g/mol. The molecule has 3 rings (SSSR count). The number of amides is 1. The molecule has 28 heavy (non-hydrogen) atoms. The molecule has 3 nitrogen and oxygen atoms in total. The van der Waals surface area contributed by atoms with Crippen LogP contribution in [0.4, 0.5) is 4.39 Å². The van der Waals surface area contributed by atoms with Crippen LogP contribution in [0.5, 0.6) is 5.75 Å². The second-order valence-electron chi connectivity index (χ2n) is 6.94. The first-order chi connectivity index (χ1) is 13.5. The van der Waals surface area contributed by atoms with Gasteiger partial charge in [-0.1, -0.05) is 23.7 Å². The quantitative estimate of drug-likeness (QED) is 0.597. The second-order valence-corrected chi connectivity index (χ2v) is 8.45. The highest BCUT2D eigenvalue weighted by molar-refractivity contribution is 7.98. The number of halogens is 2. The highest BCUT2D eigenvalue weighted by Gasteiger charge is 2.16. The maximum absolute atomic E-state index is 13.7. The standard InChI is InChI=1S/C22H25ClFNO2S/c1-15(27-18-10-9-16-5-2-3-6-17(16)13-18)22(26)25-11-12-28-14-19-20(23)7-4-8-21(19)24/h4,7-10,13,15H,2-3,5-6,11-12,14H2,1H3,(H,25,26)/t15-/m0/s1. The van der Waals surface area contributed by atoms with Crippen LogP contribution >= 0.6 is 23.4 Å². The first-order valence-corrected chi connectivity index (χ1v) is 11.1. The van der Waals surface area contributed by atoms with E-state index in [9.17, 15) is 9.18 Å². The van der Waals surface area contributed by atoms with Crippen LogP contribution in [-0.4, -0.2) is 24.3 Å². The number of hydrogen-bond donors (Lipinski definition) is 1. The molecule has 0 unspecified atom stereocenters. The summed E-state index contributed by atoms with van der Waals surface area (Å²) in [5.74, 6) is 1.44. The van der Waals surface area contributed by atoms with Gasteiger partial charge < -0.3 is 10.1 Å². The molecule has 150 valence electrons. The minimum absolute atomic E-state index is 0.151. The lowest BCUT2D eigenvalue weighted by molar-refractivity contribution is -0.127. The number of aryl methyl sites for hydroxylation is 2. The van der Waals surface area contributed by atoms with E-state index in [-0.39, 0.29) is 11.7 Å². The number of fused-ring (bicyclic) bond motifs is 1. The number of ether oxygens (including phenoxy) is 1. The molecule has 1 aliphatic carbocycles. The SMILES string of the molecule is C[C@H](Oc1ccc2c(c1)CCCC2)C(=O)NCCSCc1c(F)cccc1Cl. The summed E-state index contributed by atoms with van der Waals surface area (Å²) in [6.07, 6.45) is 4.10. The molecule has 0 aliphatic heterocycles. The fourth-order valence-corrected chi connectivity index (χ4v) is 4.47. The summed E-state index contributed by atoms with van der Waals surface area (Å²) in [7, 11) is 0.